The number of hydrogen-bond donors (Lipinski definition) is 1. The minimum absolute atomic E-state index is 0.0140. The first-order valence-corrected chi connectivity index (χ1v) is 9.98. The molecule has 33 heavy (non-hydrogen) atoms. The number of rotatable bonds is 7. The number of carbonyl (C=O) groups is 2. The number of nitrogens with zero attached hydrogens (tertiary/aromatic N) is 4. The number of nitrogens with one attached hydrogen (secondary N) is 1. The summed E-state index contributed by atoms with van der Waals surface area (Å²) in [6.07, 6.45) is -5.23. The molecule has 0 aliphatic carbocycles. The first-order chi connectivity index (χ1) is 15.6. The van der Waals surface area contributed by atoms with Gasteiger partial charge in [-0.05, 0) is 13.0 Å². The lowest BCUT2D eigenvalue weighted by molar-refractivity contribution is -0.141. The third kappa shape index (κ3) is 6.15. The second-order valence-electron chi connectivity index (χ2n) is 7.06. The molecule has 2 aromatic heterocycles. The SMILES string of the molecule is CCOC(=O)c1cc(COC(=O)N(Cc2nccc(C(F)(F)F)n2)C2(F)CCNCC2)on1. The summed E-state index contributed by atoms with van der Waals surface area (Å²) in [6, 6.07) is 1.87. The number of aromatic nitrogens is 3. The molecule has 14 heteroatoms. The fourth-order valence-electron chi connectivity index (χ4n) is 3.12. The van der Waals surface area contributed by atoms with Gasteiger partial charge in [0.1, 0.15) is 11.5 Å². The van der Waals surface area contributed by atoms with Crippen LogP contribution in [0.15, 0.2) is 22.9 Å². The molecule has 1 aliphatic rings. The highest BCUT2D eigenvalue weighted by atomic mass is 19.4. The summed E-state index contributed by atoms with van der Waals surface area (Å²) in [5, 5.41) is 6.44. The lowest BCUT2D eigenvalue weighted by Crippen LogP contribution is -2.54. The monoisotopic (exact) mass is 475 g/mol. The standard InChI is InChI=1S/C19H21F4N5O5/c1-2-31-16(29)13-9-12(33-27-13)11-32-17(30)28(18(20)4-7-24-8-5-18)10-15-25-6-3-14(26-15)19(21,22)23/h3,6,9,24H,2,4-5,7-8,10-11H2,1H3. The summed E-state index contributed by atoms with van der Waals surface area (Å²) in [5.74, 6) is -3.35. The van der Waals surface area contributed by atoms with E-state index in [4.69, 9.17) is 14.0 Å². The molecule has 0 atom stereocenters. The molecule has 180 valence electrons. The number of piperidine rings is 1. The third-order valence-corrected chi connectivity index (χ3v) is 4.75. The normalized spacial score (nSPS) is 15.7. The van der Waals surface area contributed by atoms with Gasteiger partial charge in [-0.15, -0.1) is 0 Å². The molecule has 0 bridgehead atoms. The summed E-state index contributed by atoms with van der Waals surface area (Å²) < 4.78 is 69.4. The lowest BCUT2D eigenvalue weighted by Gasteiger charge is -2.39. The van der Waals surface area contributed by atoms with E-state index in [2.05, 4.69) is 20.4 Å². The molecule has 1 amide bonds. The molecule has 0 spiro atoms. The molecule has 0 saturated carbocycles. The van der Waals surface area contributed by atoms with E-state index in [0.717, 1.165) is 6.20 Å². The topological polar surface area (TPSA) is 120 Å². The van der Waals surface area contributed by atoms with Crippen LogP contribution in [0.25, 0.3) is 0 Å². The zero-order valence-corrected chi connectivity index (χ0v) is 17.5. The Morgan fingerprint density at radius 3 is 2.67 bits per heavy atom. The van der Waals surface area contributed by atoms with E-state index in [-0.39, 0.29) is 44.0 Å². The molecule has 3 rings (SSSR count). The van der Waals surface area contributed by atoms with E-state index in [0.29, 0.717) is 11.0 Å². The van der Waals surface area contributed by atoms with E-state index in [9.17, 15) is 22.8 Å². The number of halogens is 4. The van der Waals surface area contributed by atoms with Crippen LogP contribution in [0, 0.1) is 0 Å². The van der Waals surface area contributed by atoms with Gasteiger partial charge in [-0.1, -0.05) is 5.16 Å². The van der Waals surface area contributed by atoms with Gasteiger partial charge in [-0.3, -0.25) is 4.90 Å². The predicted molar refractivity (Wildman–Crippen MR) is 101 cm³/mol. The van der Waals surface area contributed by atoms with Crippen LogP contribution in [0.3, 0.4) is 0 Å². The van der Waals surface area contributed by atoms with Crippen LogP contribution in [0.5, 0.6) is 0 Å². The van der Waals surface area contributed by atoms with Gasteiger partial charge in [0.15, 0.2) is 23.9 Å². The summed E-state index contributed by atoms with van der Waals surface area (Å²) in [7, 11) is 0. The van der Waals surface area contributed by atoms with Crippen LogP contribution >= 0.6 is 0 Å². The quantitative estimate of drug-likeness (QED) is 0.366. The van der Waals surface area contributed by atoms with E-state index in [1.54, 1.807) is 6.92 Å². The van der Waals surface area contributed by atoms with Crippen LogP contribution in [0.4, 0.5) is 22.4 Å². The van der Waals surface area contributed by atoms with Gasteiger partial charge in [-0.25, -0.2) is 23.9 Å². The third-order valence-electron chi connectivity index (χ3n) is 4.75. The van der Waals surface area contributed by atoms with Crippen LogP contribution in [0.2, 0.25) is 0 Å². The zero-order chi connectivity index (χ0) is 24.1. The Hall–Kier alpha value is -3.29. The number of amides is 1. The maximum Gasteiger partial charge on any atom is 0.433 e. The molecule has 1 N–H and O–H groups in total. The van der Waals surface area contributed by atoms with Crippen molar-refractivity contribution < 1.29 is 41.1 Å². The molecule has 2 aromatic rings. The van der Waals surface area contributed by atoms with Gasteiger partial charge >= 0.3 is 18.2 Å². The predicted octanol–water partition coefficient (Wildman–Crippen LogP) is 2.85. The van der Waals surface area contributed by atoms with Crippen LogP contribution in [0.1, 0.15) is 47.5 Å². The zero-order valence-electron chi connectivity index (χ0n) is 17.5. The van der Waals surface area contributed by atoms with Gasteiger partial charge in [-0.2, -0.15) is 13.2 Å². The highest BCUT2D eigenvalue weighted by Gasteiger charge is 2.43. The maximum atomic E-state index is 15.6. The second kappa shape index (κ2) is 10.1. The number of alkyl halides is 4. The molecule has 0 unspecified atom stereocenters. The fraction of sp³-hybridized carbons (Fsp3) is 0.526. The van der Waals surface area contributed by atoms with E-state index < -0.39 is 48.7 Å². The average Bonchev–Trinajstić information content (AvgIpc) is 3.25. The van der Waals surface area contributed by atoms with E-state index >= 15 is 4.39 Å². The van der Waals surface area contributed by atoms with Crippen LogP contribution in [-0.4, -0.2) is 57.6 Å². The number of hydrogen-bond acceptors (Lipinski definition) is 9. The number of ether oxygens (including phenoxy) is 2. The summed E-state index contributed by atoms with van der Waals surface area (Å²) in [5.41, 5.74) is -1.36. The number of esters is 1. The van der Waals surface area contributed by atoms with Crippen LogP contribution in [-0.2, 0) is 28.8 Å². The van der Waals surface area contributed by atoms with E-state index in [1.807, 2.05) is 0 Å². The Morgan fingerprint density at radius 1 is 1.27 bits per heavy atom. The van der Waals surface area contributed by atoms with E-state index in [1.165, 1.54) is 6.07 Å². The Kier molecular flexibility index (Phi) is 7.46. The van der Waals surface area contributed by atoms with Gasteiger partial charge < -0.3 is 19.3 Å². The van der Waals surface area contributed by atoms with Crippen molar-refractivity contribution in [2.45, 2.75) is 44.9 Å². The number of carbonyl (C=O) groups excluding carboxylic acids is 2. The van der Waals surface area contributed by atoms with Gasteiger partial charge in [0.2, 0.25) is 0 Å². The minimum atomic E-state index is -4.73. The van der Waals surface area contributed by atoms with Crippen molar-refractivity contribution in [1.82, 2.24) is 25.3 Å². The molecule has 1 aliphatic heterocycles. The van der Waals surface area contributed by atoms with Gasteiger partial charge in [0.05, 0.1) is 13.2 Å². The molecule has 1 fully saturated rings. The Balaban J connectivity index is 1.76. The van der Waals surface area contributed by atoms with Crippen molar-refractivity contribution in [3.63, 3.8) is 0 Å². The fourth-order valence-corrected chi connectivity index (χ4v) is 3.12. The molecule has 1 saturated heterocycles. The van der Waals surface area contributed by atoms with Crippen molar-refractivity contribution in [2.24, 2.45) is 0 Å². The average molecular weight is 475 g/mol. The molecule has 0 aromatic carbocycles. The first-order valence-electron chi connectivity index (χ1n) is 9.98. The lowest BCUT2D eigenvalue weighted by atomic mass is 10.0. The van der Waals surface area contributed by atoms with Crippen molar-refractivity contribution >= 4 is 12.1 Å². The van der Waals surface area contributed by atoms with Gasteiger partial charge in [0.25, 0.3) is 0 Å². The van der Waals surface area contributed by atoms with Crippen molar-refractivity contribution in [3.05, 3.63) is 41.3 Å². The van der Waals surface area contributed by atoms with Gasteiger partial charge in [0, 0.05) is 38.2 Å². The Bertz CT molecular complexity index is 977. The van der Waals surface area contributed by atoms with Crippen molar-refractivity contribution in [1.29, 1.82) is 0 Å². The Labute approximate surface area is 185 Å². The highest BCUT2D eigenvalue weighted by Crippen LogP contribution is 2.31. The summed E-state index contributed by atoms with van der Waals surface area (Å²) >= 11 is 0. The largest absolute Gasteiger partial charge is 0.461 e. The highest BCUT2D eigenvalue weighted by molar-refractivity contribution is 5.87. The molecule has 10 nitrogen and oxygen atoms in total. The Morgan fingerprint density at radius 2 is 2.00 bits per heavy atom. The molecule has 0 radical (unpaired) electrons. The van der Waals surface area contributed by atoms with Crippen molar-refractivity contribution in [3.8, 4) is 0 Å². The summed E-state index contributed by atoms with van der Waals surface area (Å²) in [6.45, 7) is 1.07. The second-order valence-corrected chi connectivity index (χ2v) is 7.06. The maximum absolute atomic E-state index is 15.6. The molecular formula is C19H21F4N5O5. The minimum Gasteiger partial charge on any atom is -0.461 e. The van der Waals surface area contributed by atoms with Crippen molar-refractivity contribution in [2.75, 3.05) is 19.7 Å². The molecular weight excluding hydrogens is 454 g/mol. The smallest absolute Gasteiger partial charge is 0.433 e. The van der Waals surface area contributed by atoms with Crippen LogP contribution < -0.4 is 5.32 Å². The molecule has 3 heterocycles. The summed E-state index contributed by atoms with van der Waals surface area (Å²) in [4.78, 5) is 32.2. The first kappa shape index (κ1) is 24.4.